The third-order valence-corrected chi connectivity index (χ3v) is 7.07. The largest absolute Gasteiger partial charge is 0.306 e. The number of fused-ring (bicyclic) bond motifs is 3. The monoisotopic (exact) mass is 360 g/mol. The van der Waals surface area contributed by atoms with Crippen LogP contribution in [-0.2, 0) is 13.1 Å². The zero-order valence-electron chi connectivity index (χ0n) is 16.6. The van der Waals surface area contributed by atoms with E-state index in [9.17, 15) is 0 Å². The Hall–Kier alpha value is -2.16. The summed E-state index contributed by atoms with van der Waals surface area (Å²) in [4.78, 5) is 0. The molecule has 5 rings (SSSR count). The molecule has 0 unspecified atom stereocenters. The Balaban J connectivity index is 1.47. The third kappa shape index (κ3) is 3.52. The van der Waals surface area contributed by atoms with Crippen molar-refractivity contribution in [3.8, 4) is 0 Å². The van der Waals surface area contributed by atoms with Crippen LogP contribution < -0.4 is 0 Å². The minimum atomic E-state index is 0.721. The molecule has 2 nitrogen and oxygen atoms in total. The molecule has 2 heteroatoms. The molecule has 2 bridgehead atoms. The van der Waals surface area contributed by atoms with E-state index in [-0.39, 0.29) is 0 Å². The predicted octanol–water partition coefficient (Wildman–Crippen LogP) is 4.72. The van der Waals surface area contributed by atoms with Gasteiger partial charge in [-0.05, 0) is 18.1 Å². The minimum absolute atomic E-state index is 0.721. The molecule has 0 radical (unpaired) electrons. The predicted molar refractivity (Wildman–Crippen MR) is 115 cm³/mol. The molecule has 3 saturated heterocycles. The fraction of sp³-hybridized carbons (Fsp3) is 0.360. The maximum Gasteiger partial charge on any atom is 0.136 e. The molecule has 0 spiro atoms. The van der Waals surface area contributed by atoms with Gasteiger partial charge in [0.05, 0.1) is 0 Å². The van der Waals surface area contributed by atoms with Crippen LogP contribution in [0.5, 0.6) is 0 Å². The normalized spacial score (nSPS) is 29.4. The van der Waals surface area contributed by atoms with E-state index in [1.165, 1.54) is 77.0 Å². The molecule has 1 atom stereocenters. The zero-order valence-corrected chi connectivity index (χ0v) is 16.6. The van der Waals surface area contributed by atoms with Crippen LogP contribution in [0.2, 0.25) is 0 Å². The van der Waals surface area contributed by atoms with Crippen LogP contribution in [0.25, 0.3) is 12.2 Å². The maximum atomic E-state index is 3.87. The minimum Gasteiger partial charge on any atom is -0.306 e. The van der Waals surface area contributed by atoms with Gasteiger partial charge in [0.1, 0.15) is 51.9 Å². The summed E-state index contributed by atoms with van der Waals surface area (Å²) in [5.41, 5.74) is 5.36. The van der Waals surface area contributed by atoms with Crippen molar-refractivity contribution < 1.29 is 8.97 Å². The molecule has 3 heterocycles. The van der Waals surface area contributed by atoms with Crippen molar-refractivity contribution in [3.63, 3.8) is 0 Å². The molecule has 0 N–H and O–H groups in total. The summed E-state index contributed by atoms with van der Waals surface area (Å²) in [7, 11) is 0. The number of rotatable bonds is 6. The molecule has 0 aliphatic carbocycles. The number of hydrogen-bond donors (Lipinski definition) is 0. The number of quaternary nitrogens is 2. The van der Waals surface area contributed by atoms with Gasteiger partial charge in [0.2, 0.25) is 0 Å². The molecular weight excluding hydrogens is 328 g/mol. The van der Waals surface area contributed by atoms with E-state index in [0.717, 1.165) is 6.04 Å². The van der Waals surface area contributed by atoms with E-state index in [0.29, 0.717) is 0 Å². The summed E-state index contributed by atoms with van der Waals surface area (Å²) in [5, 5.41) is 0. The van der Waals surface area contributed by atoms with E-state index in [2.05, 4.69) is 68.6 Å². The lowest BCUT2D eigenvalue weighted by atomic mass is 9.96. The lowest BCUT2D eigenvalue weighted by molar-refractivity contribution is -1.11. The average Bonchev–Trinajstić information content (AvgIpc) is 2.70. The Morgan fingerprint density at radius 3 is 1.70 bits per heavy atom. The summed E-state index contributed by atoms with van der Waals surface area (Å²) < 4.78 is 2.53. The highest BCUT2D eigenvalue weighted by Gasteiger charge is 2.53. The maximum absolute atomic E-state index is 3.87. The van der Waals surface area contributed by atoms with Gasteiger partial charge < -0.3 is 8.97 Å². The summed E-state index contributed by atoms with van der Waals surface area (Å²) in [6, 6.07) is 18.7. The standard InChI is InChI=1S/C25H32N2/c1-4-22-6-10-24(11-7-22)19-26-14-16-27(17-15-26,21(3)18-26)20-25-12-8-23(5-2)9-13-25/h4-13,21H,1-2,14-20H2,3H3/q+2/t21-,26?,27?/m1/s1. The molecule has 0 amide bonds. The van der Waals surface area contributed by atoms with Crippen LogP contribution in [0.3, 0.4) is 0 Å². The number of benzene rings is 2. The van der Waals surface area contributed by atoms with Gasteiger partial charge in [0, 0.05) is 11.1 Å². The van der Waals surface area contributed by atoms with Crippen LogP contribution in [0.1, 0.15) is 29.2 Å². The van der Waals surface area contributed by atoms with Gasteiger partial charge in [-0.1, -0.05) is 73.8 Å². The lowest BCUT2D eigenvalue weighted by Gasteiger charge is -2.59. The molecule has 140 valence electrons. The van der Waals surface area contributed by atoms with E-state index >= 15 is 0 Å². The third-order valence-electron chi connectivity index (χ3n) is 7.07. The Morgan fingerprint density at radius 2 is 1.26 bits per heavy atom. The summed E-state index contributed by atoms with van der Waals surface area (Å²) in [6.45, 7) is 19.1. The second kappa shape index (κ2) is 7.10. The SMILES string of the molecule is C=Cc1ccc(C[N+]23CC[N+](Cc4ccc(C=C)cc4)(CC2)[C@H](C)C3)cc1. The molecule has 3 aliphatic heterocycles. The first kappa shape index (κ1) is 18.2. The van der Waals surface area contributed by atoms with Gasteiger partial charge in [-0.2, -0.15) is 0 Å². The summed E-state index contributed by atoms with van der Waals surface area (Å²) in [6.07, 6.45) is 3.85. The first-order valence-corrected chi connectivity index (χ1v) is 10.2. The van der Waals surface area contributed by atoms with Crippen molar-refractivity contribution in [1.82, 2.24) is 0 Å². The molecular formula is C25H32N2+2. The molecule has 3 fully saturated rings. The average molecular weight is 361 g/mol. The van der Waals surface area contributed by atoms with Crippen molar-refractivity contribution in [1.29, 1.82) is 0 Å². The Kier molecular flexibility index (Phi) is 4.79. The first-order valence-electron chi connectivity index (χ1n) is 10.2. The van der Waals surface area contributed by atoms with Gasteiger partial charge >= 0.3 is 0 Å². The highest BCUT2D eigenvalue weighted by Crippen LogP contribution is 2.35. The molecule has 0 saturated carbocycles. The van der Waals surface area contributed by atoms with Crippen LogP contribution >= 0.6 is 0 Å². The number of piperazine rings is 3. The topological polar surface area (TPSA) is 0 Å². The fourth-order valence-electron chi connectivity index (χ4n) is 5.21. The van der Waals surface area contributed by atoms with Crippen molar-refractivity contribution in [2.75, 3.05) is 32.7 Å². The van der Waals surface area contributed by atoms with Gasteiger partial charge in [0.25, 0.3) is 0 Å². The molecule has 3 aliphatic rings. The summed E-state index contributed by atoms with van der Waals surface area (Å²) in [5.74, 6) is 0. The number of hydrogen-bond acceptors (Lipinski definition) is 0. The lowest BCUT2D eigenvalue weighted by Crippen LogP contribution is -2.77. The number of nitrogens with zero attached hydrogens (tertiary/aromatic N) is 2. The van der Waals surface area contributed by atoms with E-state index in [1.807, 2.05) is 12.2 Å². The van der Waals surface area contributed by atoms with E-state index in [1.54, 1.807) is 0 Å². The zero-order chi connectivity index (χ0) is 18.9. The Morgan fingerprint density at radius 1 is 0.778 bits per heavy atom. The Bertz CT molecular complexity index is 808. The fourth-order valence-corrected chi connectivity index (χ4v) is 5.21. The molecule has 27 heavy (non-hydrogen) atoms. The molecule has 0 aromatic heterocycles. The molecule has 2 aromatic carbocycles. The first-order chi connectivity index (χ1) is 13.1. The molecule has 2 aromatic rings. The Labute approximate surface area is 164 Å². The van der Waals surface area contributed by atoms with Crippen LogP contribution in [0, 0.1) is 0 Å². The van der Waals surface area contributed by atoms with Crippen LogP contribution in [0.15, 0.2) is 61.7 Å². The second-order valence-electron chi connectivity index (χ2n) is 8.69. The second-order valence-corrected chi connectivity index (χ2v) is 8.69. The van der Waals surface area contributed by atoms with Crippen LogP contribution in [0.4, 0.5) is 0 Å². The van der Waals surface area contributed by atoms with Gasteiger partial charge in [-0.15, -0.1) is 0 Å². The van der Waals surface area contributed by atoms with Crippen molar-refractivity contribution in [3.05, 3.63) is 83.9 Å². The smallest absolute Gasteiger partial charge is 0.136 e. The summed E-state index contributed by atoms with van der Waals surface area (Å²) >= 11 is 0. The highest BCUT2D eigenvalue weighted by atomic mass is 15.5. The van der Waals surface area contributed by atoms with Crippen molar-refractivity contribution >= 4 is 12.2 Å². The van der Waals surface area contributed by atoms with E-state index < -0.39 is 0 Å². The van der Waals surface area contributed by atoms with Gasteiger partial charge in [0.15, 0.2) is 0 Å². The van der Waals surface area contributed by atoms with Crippen molar-refractivity contribution in [2.24, 2.45) is 0 Å². The van der Waals surface area contributed by atoms with Crippen molar-refractivity contribution in [2.45, 2.75) is 26.1 Å². The highest BCUT2D eigenvalue weighted by molar-refractivity contribution is 5.47. The van der Waals surface area contributed by atoms with Gasteiger partial charge in [-0.3, -0.25) is 0 Å². The van der Waals surface area contributed by atoms with Gasteiger partial charge in [-0.25, -0.2) is 0 Å². The van der Waals surface area contributed by atoms with E-state index in [4.69, 9.17) is 0 Å². The quantitative estimate of drug-likeness (QED) is 0.654. The van der Waals surface area contributed by atoms with Crippen LogP contribution in [-0.4, -0.2) is 47.7 Å².